The van der Waals surface area contributed by atoms with Crippen molar-refractivity contribution in [3.05, 3.63) is 93.3 Å². The van der Waals surface area contributed by atoms with E-state index < -0.39 is 6.04 Å². The van der Waals surface area contributed by atoms with Gasteiger partial charge in [-0.1, -0.05) is 62.4 Å². The number of carbonyl (C=O) groups excluding carboxylic acids is 1. The largest absolute Gasteiger partial charge is 0.458 e. The molecule has 0 bridgehead atoms. The summed E-state index contributed by atoms with van der Waals surface area (Å²) in [5.41, 5.74) is 7.58. The molecule has 6 heteroatoms. The molecule has 1 unspecified atom stereocenters. The zero-order valence-corrected chi connectivity index (χ0v) is 18.6. The number of halogens is 1. The molecule has 0 saturated heterocycles. The maximum atomic E-state index is 13.6. The summed E-state index contributed by atoms with van der Waals surface area (Å²) in [6, 6.07) is 14.2. The quantitative estimate of drug-likeness (QED) is 0.517. The molecule has 1 amide bonds. The van der Waals surface area contributed by atoms with Gasteiger partial charge in [-0.3, -0.25) is 9.59 Å². The number of hydrogen-bond acceptors (Lipinski definition) is 4. The molecule has 162 valence electrons. The SMILES string of the molecule is C=CC(=O)N(CCN)C(c1oc2cc(Cl)ccc2c(=O)c1Cc1ccccc1)C(C)C. The number of rotatable bonds is 8. The van der Waals surface area contributed by atoms with Gasteiger partial charge >= 0.3 is 0 Å². The molecular formula is C25H27ClN2O3. The van der Waals surface area contributed by atoms with E-state index in [1.807, 2.05) is 44.2 Å². The highest BCUT2D eigenvalue weighted by molar-refractivity contribution is 6.31. The minimum absolute atomic E-state index is 0.0373. The highest BCUT2D eigenvalue weighted by Gasteiger charge is 2.32. The molecule has 0 spiro atoms. The van der Waals surface area contributed by atoms with E-state index in [1.165, 1.54) is 6.08 Å². The minimum Gasteiger partial charge on any atom is -0.458 e. The number of benzene rings is 2. The zero-order valence-electron chi connectivity index (χ0n) is 17.8. The maximum Gasteiger partial charge on any atom is 0.246 e. The summed E-state index contributed by atoms with van der Waals surface area (Å²) in [5, 5.41) is 0.932. The highest BCUT2D eigenvalue weighted by Crippen LogP contribution is 2.33. The fourth-order valence-corrected chi connectivity index (χ4v) is 4.04. The van der Waals surface area contributed by atoms with Crippen LogP contribution in [0.1, 0.15) is 36.8 Å². The van der Waals surface area contributed by atoms with E-state index in [9.17, 15) is 9.59 Å². The van der Waals surface area contributed by atoms with Crippen LogP contribution in [0.25, 0.3) is 11.0 Å². The van der Waals surface area contributed by atoms with Gasteiger partial charge in [-0.25, -0.2) is 0 Å². The van der Waals surface area contributed by atoms with Crippen molar-refractivity contribution in [3.63, 3.8) is 0 Å². The standard InChI is InChI=1S/C25H27ClN2O3/c1-4-22(29)28(13-12-27)23(16(2)3)25-20(14-17-8-6-5-7-9-17)24(30)19-11-10-18(26)15-21(19)31-25/h4-11,15-16,23H,1,12-14,27H2,2-3H3. The van der Waals surface area contributed by atoms with Crippen molar-refractivity contribution in [2.75, 3.05) is 13.1 Å². The Labute approximate surface area is 187 Å². The molecule has 3 rings (SSSR count). The highest BCUT2D eigenvalue weighted by atomic mass is 35.5. The first-order valence-electron chi connectivity index (χ1n) is 10.3. The third-order valence-corrected chi connectivity index (χ3v) is 5.50. The fraction of sp³-hybridized carbons (Fsp3) is 0.280. The van der Waals surface area contributed by atoms with Crippen LogP contribution in [0, 0.1) is 5.92 Å². The van der Waals surface area contributed by atoms with E-state index in [4.69, 9.17) is 21.8 Å². The molecule has 1 aromatic heterocycles. The van der Waals surface area contributed by atoms with Gasteiger partial charge < -0.3 is 15.1 Å². The van der Waals surface area contributed by atoms with Gasteiger partial charge in [0.2, 0.25) is 5.91 Å². The smallest absolute Gasteiger partial charge is 0.246 e. The van der Waals surface area contributed by atoms with Crippen LogP contribution in [0.5, 0.6) is 0 Å². The van der Waals surface area contributed by atoms with E-state index in [-0.39, 0.29) is 23.8 Å². The van der Waals surface area contributed by atoms with Gasteiger partial charge in [0.05, 0.1) is 11.4 Å². The molecule has 0 fully saturated rings. The zero-order chi connectivity index (χ0) is 22.5. The Hall–Kier alpha value is -2.89. The lowest BCUT2D eigenvalue weighted by atomic mass is 9.92. The van der Waals surface area contributed by atoms with E-state index in [0.717, 1.165) is 5.56 Å². The molecule has 1 heterocycles. The summed E-state index contributed by atoms with van der Waals surface area (Å²) >= 11 is 6.16. The summed E-state index contributed by atoms with van der Waals surface area (Å²) in [7, 11) is 0. The van der Waals surface area contributed by atoms with Crippen molar-refractivity contribution in [1.82, 2.24) is 4.90 Å². The molecule has 3 aromatic rings. The van der Waals surface area contributed by atoms with Crippen molar-refractivity contribution in [2.24, 2.45) is 11.7 Å². The van der Waals surface area contributed by atoms with Gasteiger partial charge in [0, 0.05) is 36.2 Å². The van der Waals surface area contributed by atoms with E-state index in [2.05, 4.69) is 6.58 Å². The molecule has 2 N–H and O–H groups in total. The summed E-state index contributed by atoms with van der Waals surface area (Å²) in [6.45, 7) is 8.19. The first-order valence-corrected chi connectivity index (χ1v) is 10.7. The molecule has 1 atom stereocenters. The van der Waals surface area contributed by atoms with Crippen LogP contribution in [0.4, 0.5) is 0 Å². The Bertz CT molecular complexity index is 1140. The molecule has 2 aromatic carbocycles. The summed E-state index contributed by atoms with van der Waals surface area (Å²) < 4.78 is 6.32. The summed E-state index contributed by atoms with van der Waals surface area (Å²) in [5.74, 6) is 0.163. The lowest BCUT2D eigenvalue weighted by Gasteiger charge is -2.34. The molecule has 0 aliphatic carbocycles. The predicted molar refractivity (Wildman–Crippen MR) is 125 cm³/mol. The van der Waals surface area contributed by atoms with Gasteiger partial charge in [0.15, 0.2) is 5.43 Å². The number of amides is 1. The number of nitrogens with two attached hydrogens (primary N) is 1. The van der Waals surface area contributed by atoms with Crippen LogP contribution < -0.4 is 11.2 Å². The molecule has 0 aliphatic rings. The second-order valence-electron chi connectivity index (χ2n) is 7.79. The number of fused-ring (bicyclic) bond motifs is 1. The van der Waals surface area contributed by atoms with Crippen molar-refractivity contribution in [1.29, 1.82) is 0 Å². The van der Waals surface area contributed by atoms with Gasteiger partial charge in [-0.15, -0.1) is 0 Å². The number of nitrogens with zero attached hydrogens (tertiary/aromatic N) is 1. The lowest BCUT2D eigenvalue weighted by Crippen LogP contribution is -2.40. The predicted octanol–water partition coefficient (Wildman–Crippen LogP) is 4.71. The third-order valence-electron chi connectivity index (χ3n) is 5.27. The van der Waals surface area contributed by atoms with Crippen LogP contribution in [0.3, 0.4) is 0 Å². The fourth-order valence-electron chi connectivity index (χ4n) is 3.88. The summed E-state index contributed by atoms with van der Waals surface area (Å²) in [4.78, 5) is 27.9. The van der Waals surface area contributed by atoms with Gasteiger partial charge in [0.1, 0.15) is 11.3 Å². The average Bonchev–Trinajstić information content (AvgIpc) is 2.75. The molecule has 0 saturated carbocycles. The molecule has 0 aliphatic heterocycles. The Morgan fingerprint density at radius 2 is 1.94 bits per heavy atom. The average molecular weight is 439 g/mol. The van der Waals surface area contributed by atoms with Crippen LogP contribution in [-0.4, -0.2) is 23.9 Å². The lowest BCUT2D eigenvalue weighted by molar-refractivity contribution is -0.129. The van der Waals surface area contributed by atoms with Crippen molar-refractivity contribution >= 4 is 28.5 Å². The Morgan fingerprint density at radius 1 is 1.23 bits per heavy atom. The van der Waals surface area contributed by atoms with Crippen LogP contribution in [0.15, 0.2) is 70.4 Å². The Kier molecular flexibility index (Phi) is 7.31. The number of carbonyl (C=O) groups is 1. The van der Waals surface area contributed by atoms with Crippen molar-refractivity contribution in [3.8, 4) is 0 Å². The van der Waals surface area contributed by atoms with Crippen molar-refractivity contribution < 1.29 is 9.21 Å². The third kappa shape index (κ3) is 4.89. The van der Waals surface area contributed by atoms with E-state index in [1.54, 1.807) is 23.1 Å². The van der Waals surface area contributed by atoms with Crippen LogP contribution >= 0.6 is 11.6 Å². The Balaban J connectivity index is 2.30. The van der Waals surface area contributed by atoms with Crippen molar-refractivity contribution in [2.45, 2.75) is 26.3 Å². The molecular weight excluding hydrogens is 412 g/mol. The van der Waals surface area contributed by atoms with Crippen LogP contribution in [-0.2, 0) is 11.2 Å². The maximum absolute atomic E-state index is 13.6. The molecule has 31 heavy (non-hydrogen) atoms. The Morgan fingerprint density at radius 3 is 2.55 bits per heavy atom. The van der Waals surface area contributed by atoms with Gasteiger partial charge in [0.25, 0.3) is 0 Å². The topological polar surface area (TPSA) is 76.5 Å². The second-order valence-corrected chi connectivity index (χ2v) is 8.23. The molecule has 0 radical (unpaired) electrons. The van der Waals surface area contributed by atoms with Gasteiger partial charge in [-0.05, 0) is 29.7 Å². The van der Waals surface area contributed by atoms with Gasteiger partial charge in [-0.2, -0.15) is 0 Å². The first-order chi connectivity index (χ1) is 14.9. The first kappa shape index (κ1) is 22.8. The second kappa shape index (κ2) is 9.94. The van der Waals surface area contributed by atoms with E-state index in [0.29, 0.717) is 40.3 Å². The molecule has 5 nitrogen and oxygen atoms in total. The van der Waals surface area contributed by atoms with E-state index >= 15 is 0 Å². The van der Waals surface area contributed by atoms with Crippen LogP contribution in [0.2, 0.25) is 5.02 Å². The monoisotopic (exact) mass is 438 g/mol. The summed E-state index contributed by atoms with van der Waals surface area (Å²) in [6.07, 6.45) is 1.65. The normalized spacial score (nSPS) is 12.2. The number of hydrogen-bond donors (Lipinski definition) is 1. The minimum atomic E-state index is -0.483.